The number of benzene rings is 1. The number of amides is 1. The van der Waals surface area contributed by atoms with Gasteiger partial charge in [-0.3, -0.25) is 4.79 Å². The summed E-state index contributed by atoms with van der Waals surface area (Å²) in [6.45, 7) is 1.94. The number of phenols is 1. The summed E-state index contributed by atoms with van der Waals surface area (Å²) in [7, 11) is 1.44. The number of carbonyl (C=O) groups is 2. The molecule has 0 saturated carbocycles. The van der Waals surface area contributed by atoms with Gasteiger partial charge in [0.1, 0.15) is 17.5 Å². The zero-order valence-corrected chi connectivity index (χ0v) is 11.5. The minimum Gasteiger partial charge on any atom is -0.507 e. The van der Waals surface area contributed by atoms with Gasteiger partial charge in [0, 0.05) is 0 Å². The van der Waals surface area contributed by atoms with E-state index >= 15 is 0 Å². The molecule has 1 atom stereocenters. The first-order valence-corrected chi connectivity index (χ1v) is 6.40. The molecule has 0 radical (unpaired) electrons. The van der Waals surface area contributed by atoms with Gasteiger partial charge in [-0.15, -0.1) is 0 Å². The fourth-order valence-corrected chi connectivity index (χ4v) is 1.73. The van der Waals surface area contributed by atoms with Gasteiger partial charge in [-0.2, -0.15) is 0 Å². The average Bonchev–Trinajstić information content (AvgIpc) is 2.43. The Hall–Kier alpha value is -2.24. The summed E-state index contributed by atoms with van der Waals surface area (Å²) in [4.78, 5) is 23.1. The Balaban J connectivity index is 2.85. The normalized spacial score (nSPS) is 11.7. The summed E-state index contributed by atoms with van der Waals surface area (Å²) in [5.41, 5.74) is -0.00732. The number of hydrogen-bond donors (Lipinski definition) is 3. The van der Waals surface area contributed by atoms with Gasteiger partial charge < -0.3 is 20.3 Å². The van der Waals surface area contributed by atoms with Crippen molar-refractivity contribution in [2.45, 2.75) is 32.2 Å². The van der Waals surface area contributed by atoms with Crippen LogP contribution in [0.1, 0.15) is 36.5 Å². The summed E-state index contributed by atoms with van der Waals surface area (Å²) in [6, 6.07) is 3.24. The first-order chi connectivity index (χ1) is 9.49. The summed E-state index contributed by atoms with van der Waals surface area (Å²) in [5.74, 6) is -1.53. The van der Waals surface area contributed by atoms with Gasteiger partial charge in [0.15, 0.2) is 0 Å². The number of phenolic OH excluding ortho intramolecular Hbond substituents is 1. The van der Waals surface area contributed by atoms with E-state index in [4.69, 9.17) is 9.84 Å². The number of aromatic hydroxyl groups is 1. The fourth-order valence-electron chi connectivity index (χ4n) is 1.73. The van der Waals surface area contributed by atoms with Gasteiger partial charge in [0.25, 0.3) is 5.91 Å². The Kier molecular flexibility index (Phi) is 5.83. The van der Waals surface area contributed by atoms with Gasteiger partial charge in [-0.05, 0) is 24.6 Å². The smallest absolute Gasteiger partial charge is 0.326 e. The standard InChI is InChI=1S/C14H19NO5/c1-3-4-5-11(14(18)19)15-13(17)10-8-9(20-2)6-7-12(10)16/h6-8,11,16H,3-5H2,1-2H3,(H,15,17)(H,18,19). The van der Waals surface area contributed by atoms with E-state index < -0.39 is 17.9 Å². The maximum absolute atomic E-state index is 12.0. The number of aliphatic carboxylic acids is 1. The minimum atomic E-state index is -1.09. The molecule has 1 aromatic rings. The molecular formula is C14H19NO5. The third kappa shape index (κ3) is 4.15. The molecule has 0 aromatic heterocycles. The van der Waals surface area contributed by atoms with Crippen molar-refractivity contribution >= 4 is 11.9 Å². The second-order valence-electron chi connectivity index (χ2n) is 4.39. The molecule has 0 saturated heterocycles. The number of rotatable bonds is 7. The van der Waals surface area contributed by atoms with E-state index in [1.807, 2.05) is 6.92 Å². The van der Waals surface area contributed by atoms with E-state index in [0.717, 1.165) is 6.42 Å². The Labute approximate surface area is 117 Å². The number of hydrogen-bond acceptors (Lipinski definition) is 4. The fraction of sp³-hybridized carbons (Fsp3) is 0.429. The lowest BCUT2D eigenvalue weighted by atomic mass is 10.1. The van der Waals surface area contributed by atoms with Gasteiger partial charge in [0.2, 0.25) is 0 Å². The van der Waals surface area contributed by atoms with Crippen molar-refractivity contribution in [3.05, 3.63) is 23.8 Å². The molecule has 6 nitrogen and oxygen atoms in total. The van der Waals surface area contributed by atoms with Crippen LogP contribution in [0.4, 0.5) is 0 Å². The van der Waals surface area contributed by atoms with Crippen LogP contribution in [0.5, 0.6) is 11.5 Å². The van der Waals surface area contributed by atoms with Gasteiger partial charge >= 0.3 is 5.97 Å². The third-order valence-electron chi connectivity index (χ3n) is 2.90. The largest absolute Gasteiger partial charge is 0.507 e. The lowest BCUT2D eigenvalue weighted by Gasteiger charge is -2.15. The number of methoxy groups -OCH3 is 1. The van der Waals surface area contributed by atoms with Crippen LogP contribution in [0.15, 0.2) is 18.2 Å². The lowest BCUT2D eigenvalue weighted by Crippen LogP contribution is -2.40. The zero-order valence-electron chi connectivity index (χ0n) is 11.5. The Morgan fingerprint density at radius 3 is 2.65 bits per heavy atom. The first kappa shape index (κ1) is 15.8. The molecule has 0 spiro atoms. The molecule has 0 aliphatic carbocycles. The van der Waals surface area contributed by atoms with E-state index in [2.05, 4.69) is 5.32 Å². The number of nitrogens with one attached hydrogen (secondary N) is 1. The third-order valence-corrected chi connectivity index (χ3v) is 2.90. The molecule has 110 valence electrons. The number of carboxylic acids is 1. The van der Waals surface area contributed by atoms with Crippen LogP contribution in [-0.2, 0) is 4.79 Å². The summed E-state index contributed by atoms with van der Waals surface area (Å²) in [6.07, 6.45) is 1.88. The maximum atomic E-state index is 12.0. The highest BCUT2D eigenvalue weighted by Crippen LogP contribution is 2.22. The number of carboxylic acid groups (broad SMARTS) is 1. The molecule has 0 heterocycles. The molecular weight excluding hydrogens is 262 g/mol. The highest BCUT2D eigenvalue weighted by Gasteiger charge is 2.21. The van der Waals surface area contributed by atoms with E-state index in [1.165, 1.54) is 25.3 Å². The lowest BCUT2D eigenvalue weighted by molar-refractivity contribution is -0.139. The van der Waals surface area contributed by atoms with E-state index in [0.29, 0.717) is 18.6 Å². The van der Waals surface area contributed by atoms with Crippen molar-refractivity contribution in [2.75, 3.05) is 7.11 Å². The van der Waals surface area contributed by atoms with Crippen LogP contribution in [0, 0.1) is 0 Å². The van der Waals surface area contributed by atoms with Crippen LogP contribution >= 0.6 is 0 Å². The quantitative estimate of drug-likeness (QED) is 0.708. The molecule has 0 bridgehead atoms. The van der Waals surface area contributed by atoms with Crippen molar-refractivity contribution in [3.63, 3.8) is 0 Å². The van der Waals surface area contributed by atoms with Crippen LogP contribution in [-0.4, -0.2) is 35.2 Å². The van der Waals surface area contributed by atoms with Crippen molar-refractivity contribution in [1.29, 1.82) is 0 Å². The molecule has 1 aromatic carbocycles. The van der Waals surface area contributed by atoms with Gasteiger partial charge in [0.05, 0.1) is 12.7 Å². The topological polar surface area (TPSA) is 95.9 Å². The summed E-state index contributed by atoms with van der Waals surface area (Å²) >= 11 is 0. The predicted octanol–water partition coefficient (Wildman–Crippen LogP) is 1.77. The van der Waals surface area contributed by atoms with Crippen molar-refractivity contribution in [2.24, 2.45) is 0 Å². The molecule has 1 amide bonds. The average molecular weight is 281 g/mol. The number of unbranched alkanes of at least 4 members (excludes halogenated alkanes) is 1. The van der Waals surface area contributed by atoms with Crippen LogP contribution < -0.4 is 10.1 Å². The number of ether oxygens (including phenoxy) is 1. The van der Waals surface area contributed by atoms with E-state index in [1.54, 1.807) is 0 Å². The highest BCUT2D eigenvalue weighted by molar-refractivity contribution is 5.99. The SMILES string of the molecule is CCCCC(NC(=O)c1cc(OC)ccc1O)C(=O)O. The van der Waals surface area contributed by atoms with E-state index in [-0.39, 0.29) is 11.3 Å². The highest BCUT2D eigenvalue weighted by atomic mass is 16.5. The Morgan fingerprint density at radius 1 is 1.40 bits per heavy atom. The molecule has 0 aliphatic rings. The van der Waals surface area contributed by atoms with Crippen LogP contribution in [0.25, 0.3) is 0 Å². The van der Waals surface area contributed by atoms with Crippen molar-refractivity contribution in [3.8, 4) is 11.5 Å². The number of carbonyl (C=O) groups excluding carboxylic acids is 1. The second-order valence-corrected chi connectivity index (χ2v) is 4.39. The molecule has 0 fully saturated rings. The van der Waals surface area contributed by atoms with Gasteiger partial charge in [-0.1, -0.05) is 19.8 Å². The molecule has 3 N–H and O–H groups in total. The molecule has 0 aliphatic heterocycles. The minimum absolute atomic E-state index is 0.00732. The van der Waals surface area contributed by atoms with Gasteiger partial charge in [-0.25, -0.2) is 4.79 Å². The predicted molar refractivity (Wildman–Crippen MR) is 73.1 cm³/mol. The Bertz CT molecular complexity index is 486. The van der Waals surface area contributed by atoms with Crippen molar-refractivity contribution < 1.29 is 24.5 Å². The molecule has 20 heavy (non-hydrogen) atoms. The molecule has 1 unspecified atom stereocenters. The van der Waals surface area contributed by atoms with Crippen molar-refractivity contribution in [1.82, 2.24) is 5.32 Å². The second kappa shape index (κ2) is 7.37. The van der Waals surface area contributed by atoms with Crippen LogP contribution in [0.2, 0.25) is 0 Å². The Morgan fingerprint density at radius 2 is 2.10 bits per heavy atom. The molecule has 1 rings (SSSR count). The van der Waals surface area contributed by atoms with Crippen LogP contribution in [0.3, 0.4) is 0 Å². The first-order valence-electron chi connectivity index (χ1n) is 6.40. The summed E-state index contributed by atoms with van der Waals surface area (Å²) in [5, 5.41) is 21.1. The zero-order chi connectivity index (χ0) is 15.1. The summed E-state index contributed by atoms with van der Waals surface area (Å²) < 4.78 is 4.97. The van der Waals surface area contributed by atoms with E-state index in [9.17, 15) is 14.7 Å². The maximum Gasteiger partial charge on any atom is 0.326 e. The monoisotopic (exact) mass is 281 g/mol. The molecule has 6 heteroatoms.